The number of amidine groups is 1. The summed E-state index contributed by atoms with van der Waals surface area (Å²) in [5, 5.41) is 6.29. The third-order valence-corrected chi connectivity index (χ3v) is 3.21. The normalized spacial score (nSPS) is 11.0. The molecule has 2 rings (SSSR count). The van der Waals surface area contributed by atoms with Crippen LogP contribution in [0.3, 0.4) is 0 Å². The number of oxime groups is 1. The van der Waals surface area contributed by atoms with E-state index in [9.17, 15) is 9.18 Å². The number of amides is 1. The Morgan fingerprint density at radius 1 is 1.20 bits per heavy atom. The van der Waals surface area contributed by atoms with E-state index in [1.807, 2.05) is 6.92 Å². The van der Waals surface area contributed by atoms with Gasteiger partial charge in [0.25, 0.3) is 5.91 Å². The number of hydrogen-bond acceptors (Lipinski definition) is 4. The number of rotatable bonds is 8. The van der Waals surface area contributed by atoms with E-state index in [2.05, 4.69) is 10.5 Å². The molecule has 0 bridgehead atoms. The van der Waals surface area contributed by atoms with Crippen LogP contribution in [0.4, 0.5) is 4.39 Å². The molecule has 0 unspecified atom stereocenters. The molecule has 0 radical (unpaired) electrons. The lowest BCUT2D eigenvalue weighted by atomic mass is 10.1. The second-order valence-corrected chi connectivity index (χ2v) is 5.12. The first kappa shape index (κ1) is 18.3. The van der Waals surface area contributed by atoms with Gasteiger partial charge in [-0.3, -0.25) is 4.79 Å². The van der Waals surface area contributed by atoms with Crippen molar-refractivity contribution in [2.45, 2.75) is 13.5 Å². The maximum atomic E-state index is 13.5. The summed E-state index contributed by atoms with van der Waals surface area (Å²) in [6, 6.07) is 13.3. The van der Waals surface area contributed by atoms with Crippen LogP contribution in [0.25, 0.3) is 0 Å². The molecule has 3 N–H and O–H groups in total. The van der Waals surface area contributed by atoms with E-state index in [0.29, 0.717) is 12.1 Å². The van der Waals surface area contributed by atoms with Crippen molar-refractivity contribution in [2.24, 2.45) is 10.9 Å². The van der Waals surface area contributed by atoms with E-state index < -0.39 is 5.82 Å². The molecule has 0 saturated carbocycles. The average Bonchev–Trinajstić information content (AvgIpc) is 2.61. The number of para-hydroxylation sites is 1. The van der Waals surface area contributed by atoms with Crippen LogP contribution in [-0.4, -0.2) is 24.9 Å². The highest BCUT2D eigenvalue weighted by molar-refractivity contribution is 5.97. The molecule has 2 aromatic rings. The zero-order valence-corrected chi connectivity index (χ0v) is 13.9. The van der Waals surface area contributed by atoms with Crippen molar-refractivity contribution in [3.05, 3.63) is 65.5 Å². The second-order valence-electron chi connectivity index (χ2n) is 5.12. The van der Waals surface area contributed by atoms with E-state index in [0.717, 1.165) is 5.56 Å². The quantitative estimate of drug-likeness (QED) is 0.436. The Morgan fingerprint density at radius 2 is 1.92 bits per heavy atom. The number of nitrogens with one attached hydrogen (secondary N) is 1. The van der Waals surface area contributed by atoms with Crippen LogP contribution in [0.1, 0.15) is 18.1 Å². The van der Waals surface area contributed by atoms with Gasteiger partial charge in [0.2, 0.25) is 0 Å². The molecular weight excluding hydrogens is 325 g/mol. The Labute approximate surface area is 145 Å². The highest BCUT2D eigenvalue weighted by Crippen LogP contribution is 2.17. The van der Waals surface area contributed by atoms with Crippen LogP contribution in [0.2, 0.25) is 0 Å². The average molecular weight is 345 g/mol. The van der Waals surface area contributed by atoms with Gasteiger partial charge in [0.1, 0.15) is 6.61 Å². The van der Waals surface area contributed by atoms with Gasteiger partial charge in [-0.25, -0.2) is 4.39 Å². The van der Waals surface area contributed by atoms with Crippen molar-refractivity contribution in [1.82, 2.24) is 5.32 Å². The summed E-state index contributed by atoms with van der Waals surface area (Å²) >= 11 is 0. The molecule has 0 saturated heterocycles. The Bertz CT molecular complexity index is 733. The standard InChI is InChI=1S/C18H20FN3O3/c1-2-21-17(23)12-25-22-18(20)14-9-7-13(8-10-14)11-24-16-6-4-3-5-15(16)19/h3-10H,2,11-12H2,1H3,(H2,20,22)(H,21,23). The molecule has 0 aliphatic heterocycles. The van der Waals surface area contributed by atoms with Gasteiger partial charge in [-0.05, 0) is 24.6 Å². The summed E-state index contributed by atoms with van der Waals surface area (Å²) in [6.45, 7) is 2.37. The fourth-order valence-electron chi connectivity index (χ4n) is 1.96. The van der Waals surface area contributed by atoms with Crippen LogP contribution in [0.15, 0.2) is 53.7 Å². The summed E-state index contributed by atoms with van der Waals surface area (Å²) < 4.78 is 18.9. The molecule has 25 heavy (non-hydrogen) atoms. The number of hydrogen-bond donors (Lipinski definition) is 2. The summed E-state index contributed by atoms with van der Waals surface area (Å²) in [7, 11) is 0. The van der Waals surface area contributed by atoms with E-state index in [-0.39, 0.29) is 30.7 Å². The number of benzene rings is 2. The van der Waals surface area contributed by atoms with Crippen LogP contribution in [0, 0.1) is 5.82 Å². The van der Waals surface area contributed by atoms with Crippen molar-refractivity contribution >= 4 is 11.7 Å². The summed E-state index contributed by atoms with van der Waals surface area (Å²) in [4.78, 5) is 16.1. The number of halogens is 1. The lowest BCUT2D eigenvalue weighted by Crippen LogP contribution is -2.27. The minimum atomic E-state index is -0.403. The fraction of sp³-hybridized carbons (Fsp3) is 0.222. The van der Waals surface area contributed by atoms with Crippen LogP contribution in [0.5, 0.6) is 5.75 Å². The van der Waals surface area contributed by atoms with Crippen LogP contribution in [-0.2, 0) is 16.2 Å². The molecule has 0 aliphatic carbocycles. The maximum absolute atomic E-state index is 13.5. The fourth-order valence-corrected chi connectivity index (χ4v) is 1.96. The SMILES string of the molecule is CCNC(=O)CO/N=C(\N)c1ccc(COc2ccccc2F)cc1. The van der Waals surface area contributed by atoms with E-state index in [1.54, 1.807) is 42.5 Å². The van der Waals surface area contributed by atoms with Crippen molar-refractivity contribution in [1.29, 1.82) is 0 Å². The Balaban J connectivity index is 1.88. The number of carbonyl (C=O) groups excluding carboxylic acids is 1. The number of nitrogens with two attached hydrogens (primary N) is 1. The first-order chi connectivity index (χ1) is 12.1. The predicted octanol–water partition coefficient (Wildman–Crippen LogP) is 2.18. The molecule has 132 valence electrons. The molecule has 1 amide bonds. The molecular formula is C18H20FN3O3. The third-order valence-electron chi connectivity index (χ3n) is 3.21. The molecule has 7 heteroatoms. The Hall–Kier alpha value is -3.09. The highest BCUT2D eigenvalue weighted by atomic mass is 19.1. The van der Waals surface area contributed by atoms with E-state index in [1.165, 1.54) is 6.07 Å². The molecule has 0 spiro atoms. The van der Waals surface area contributed by atoms with Gasteiger partial charge in [-0.1, -0.05) is 41.6 Å². The van der Waals surface area contributed by atoms with Crippen LogP contribution >= 0.6 is 0 Å². The molecule has 2 aromatic carbocycles. The monoisotopic (exact) mass is 345 g/mol. The van der Waals surface area contributed by atoms with Gasteiger partial charge in [0.05, 0.1) is 0 Å². The minimum Gasteiger partial charge on any atom is -0.486 e. The van der Waals surface area contributed by atoms with Gasteiger partial charge < -0.3 is 20.6 Å². The van der Waals surface area contributed by atoms with Crippen LogP contribution < -0.4 is 15.8 Å². The highest BCUT2D eigenvalue weighted by Gasteiger charge is 2.04. The summed E-state index contributed by atoms with van der Waals surface area (Å²) in [5.74, 6) is -0.309. The smallest absolute Gasteiger partial charge is 0.260 e. The largest absolute Gasteiger partial charge is 0.486 e. The zero-order valence-electron chi connectivity index (χ0n) is 13.9. The number of likely N-dealkylation sites (N-methyl/N-ethyl adjacent to an activating group) is 1. The van der Waals surface area contributed by atoms with E-state index in [4.69, 9.17) is 15.3 Å². The van der Waals surface area contributed by atoms with Crippen molar-refractivity contribution in [3.8, 4) is 5.75 Å². The summed E-state index contributed by atoms with van der Waals surface area (Å²) in [6.07, 6.45) is 0. The summed E-state index contributed by atoms with van der Waals surface area (Å²) in [5.41, 5.74) is 7.30. The number of carbonyl (C=O) groups is 1. The predicted molar refractivity (Wildman–Crippen MR) is 92.5 cm³/mol. The minimum absolute atomic E-state index is 0.158. The van der Waals surface area contributed by atoms with Crippen molar-refractivity contribution in [3.63, 3.8) is 0 Å². The van der Waals surface area contributed by atoms with Crippen molar-refractivity contribution < 1.29 is 18.8 Å². The van der Waals surface area contributed by atoms with Gasteiger partial charge in [-0.2, -0.15) is 0 Å². The molecule has 0 fully saturated rings. The van der Waals surface area contributed by atoms with Gasteiger partial charge in [-0.15, -0.1) is 0 Å². The zero-order chi connectivity index (χ0) is 18.1. The lowest BCUT2D eigenvalue weighted by molar-refractivity contribution is -0.125. The number of nitrogens with zero attached hydrogens (tertiary/aromatic N) is 1. The van der Waals surface area contributed by atoms with Crippen molar-refractivity contribution in [2.75, 3.05) is 13.2 Å². The topological polar surface area (TPSA) is 85.9 Å². The molecule has 6 nitrogen and oxygen atoms in total. The third kappa shape index (κ3) is 5.80. The Kier molecular flexibility index (Phi) is 6.76. The second kappa shape index (κ2) is 9.27. The number of ether oxygens (including phenoxy) is 1. The lowest BCUT2D eigenvalue weighted by Gasteiger charge is -2.08. The molecule has 0 aromatic heterocycles. The van der Waals surface area contributed by atoms with Gasteiger partial charge in [0, 0.05) is 12.1 Å². The molecule has 0 atom stereocenters. The first-order valence-corrected chi connectivity index (χ1v) is 7.79. The van der Waals surface area contributed by atoms with E-state index >= 15 is 0 Å². The molecule has 0 aliphatic rings. The molecule has 0 heterocycles. The first-order valence-electron chi connectivity index (χ1n) is 7.79. The Morgan fingerprint density at radius 3 is 2.60 bits per heavy atom. The van der Waals surface area contributed by atoms with Gasteiger partial charge in [0.15, 0.2) is 24.0 Å². The van der Waals surface area contributed by atoms with Gasteiger partial charge >= 0.3 is 0 Å². The maximum Gasteiger partial charge on any atom is 0.260 e.